The molecule has 2 nitrogen and oxygen atoms in total. The van der Waals surface area contributed by atoms with Crippen molar-refractivity contribution in [3.8, 4) is 0 Å². The second kappa shape index (κ2) is 4.47. The highest BCUT2D eigenvalue weighted by Crippen LogP contribution is 2.13. The van der Waals surface area contributed by atoms with Crippen LogP contribution >= 0.6 is 0 Å². The molecular weight excluding hydrogens is 186 g/mol. The molecule has 1 atom stereocenters. The van der Waals surface area contributed by atoms with Gasteiger partial charge in [0.2, 0.25) is 5.91 Å². The topological polar surface area (TPSA) is 29.1 Å². The van der Waals surface area contributed by atoms with Gasteiger partial charge in [-0.2, -0.15) is 0 Å². The molecule has 1 aromatic carbocycles. The summed E-state index contributed by atoms with van der Waals surface area (Å²) in [7, 11) is 0. The molecule has 0 radical (unpaired) electrons. The molecule has 1 unspecified atom stereocenters. The second-order valence-electron chi connectivity index (χ2n) is 4.18. The summed E-state index contributed by atoms with van der Waals surface area (Å²) in [5.41, 5.74) is 2.69. The van der Waals surface area contributed by atoms with Gasteiger partial charge < -0.3 is 5.32 Å². The van der Waals surface area contributed by atoms with Crippen molar-refractivity contribution in [2.75, 3.05) is 0 Å². The zero-order valence-corrected chi connectivity index (χ0v) is 9.12. The van der Waals surface area contributed by atoms with Crippen molar-refractivity contribution in [1.82, 2.24) is 5.32 Å². The number of hydrogen-bond acceptors (Lipinski definition) is 1. The van der Waals surface area contributed by atoms with Gasteiger partial charge in [-0.25, -0.2) is 0 Å². The van der Waals surface area contributed by atoms with E-state index in [1.54, 1.807) is 0 Å². The Bertz CT molecular complexity index is 342. The van der Waals surface area contributed by atoms with Crippen LogP contribution in [0.1, 0.15) is 30.9 Å². The third-order valence-electron chi connectivity index (χ3n) is 3.00. The smallest absolute Gasteiger partial charge is 0.220 e. The minimum absolute atomic E-state index is 0.199. The third-order valence-corrected chi connectivity index (χ3v) is 3.00. The molecular formula is C13H17NO. The fraction of sp³-hybridized carbons (Fsp3) is 0.462. The van der Waals surface area contributed by atoms with Gasteiger partial charge >= 0.3 is 0 Å². The van der Waals surface area contributed by atoms with Crippen LogP contribution in [0.15, 0.2) is 24.3 Å². The standard InChI is InChI=1S/C13H17NO/c1-2-10-3-5-11(6-4-10)9-12-7-8-13(15)14-12/h3-6,12H,2,7-9H2,1H3,(H,14,15). The summed E-state index contributed by atoms with van der Waals surface area (Å²) in [6.07, 6.45) is 3.72. The molecule has 1 amide bonds. The monoisotopic (exact) mass is 203 g/mol. The predicted octanol–water partition coefficient (Wildman–Crippen LogP) is 2.07. The Morgan fingerprint density at radius 3 is 2.47 bits per heavy atom. The number of nitrogens with one attached hydrogen (secondary N) is 1. The lowest BCUT2D eigenvalue weighted by Gasteiger charge is -2.09. The van der Waals surface area contributed by atoms with E-state index in [1.807, 2.05) is 0 Å². The van der Waals surface area contributed by atoms with Crippen LogP contribution in [0.5, 0.6) is 0 Å². The van der Waals surface area contributed by atoms with Gasteiger partial charge in [0.05, 0.1) is 0 Å². The fourth-order valence-corrected chi connectivity index (χ4v) is 2.03. The van der Waals surface area contributed by atoms with E-state index in [4.69, 9.17) is 0 Å². The Balaban J connectivity index is 1.96. The molecule has 0 saturated carbocycles. The molecule has 0 aromatic heterocycles. The number of hydrogen-bond donors (Lipinski definition) is 1. The molecule has 0 aliphatic carbocycles. The van der Waals surface area contributed by atoms with Crippen LogP contribution in [0.4, 0.5) is 0 Å². The van der Waals surface area contributed by atoms with Crippen molar-refractivity contribution in [1.29, 1.82) is 0 Å². The zero-order valence-electron chi connectivity index (χ0n) is 9.12. The first kappa shape index (κ1) is 10.2. The number of benzene rings is 1. The largest absolute Gasteiger partial charge is 0.353 e. The molecule has 15 heavy (non-hydrogen) atoms. The summed E-state index contributed by atoms with van der Waals surface area (Å²) in [6.45, 7) is 2.16. The van der Waals surface area contributed by atoms with Crippen molar-refractivity contribution in [2.45, 2.75) is 38.6 Å². The molecule has 1 N–H and O–H groups in total. The molecule has 1 fully saturated rings. The number of aryl methyl sites for hydroxylation is 1. The number of carbonyl (C=O) groups excluding carboxylic acids is 1. The van der Waals surface area contributed by atoms with Crippen molar-refractivity contribution in [3.63, 3.8) is 0 Å². The maximum Gasteiger partial charge on any atom is 0.220 e. The Hall–Kier alpha value is -1.31. The maximum absolute atomic E-state index is 11.0. The Morgan fingerprint density at radius 2 is 1.93 bits per heavy atom. The Labute approximate surface area is 90.7 Å². The van der Waals surface area contributed by atoms with Crippen LogP contribution in [-0.2, 0) is 17.6 Å². The van der Waals surface area contributed by atoms with E-state index in [0.29, 0.717) is 12.5 Å². The van der Waals surface area contributed by atoms with Crippen molar-refractivity contribution >= 4 is 5.91 Å². The van der Waals surface area contributed by atoms with Crippen LogP contribution < -0.4 is 5.32 Å². The number of rotatable bonds is 3. The van der Waals surface area contributed by atoms with Gasteiger partial charge in [-0.05, 0) is 30.4 Å². The molecule has 1 saturated heterocycles. The Morgan fingerprint density at radius 1 is 1.27 bits per heavy atom. The molecule has 0 spiro atoms. The van der Waals surface area contributed by atoms with E-state index in [-0.39, 0.29) is 5.91 Å². The lowest BCUT2D eigenvalue weighted by atomic mass is 10.0. The molecule has 0 bridgehead atoms. The summed E-state index contributed by atoms with van der Waals surface area (Å²) in [5.74, 6) is 0.199. The first-order valence-electron chi connectivity index (χ1n) is 5.65. The highest BCUT2D eigenvalue weighted by Gasteiger charge is 2.20. The molecule has 2 rings (SSSR count). The number of amides is 1. The molecule has 1 aliphatic rings. The fourth-order valence-electron chi connectivity index (χ4n) is 2.03. The Kier molecular flexibility index (Phi) is 3.05. The van der Waals surface area contributed by atoms with Gasteiger partial charge in [0.15, 0.2) is 0 Å². The van der Waals surface area contributed by atoms with Gasteiger partial charge in [0.25, 0.3) is 0 Å². The van der Waals surface area contributed by atoms with Crippen LogP contribution in [0, 0.1) is 0 Å². The normalized spacial score (nSPS) is 20.3. The average molecular weight is 203 g/mol. The average Bonchev–Trinajstić information content (AvgIpc) is 2.65. The van der Waals surface area contributed by atoms with Crippen LogP contribution in [0.2, 0.25) is 0 Å². The summed E-state index contributed by atoms with van der Waals surface area (Å²) in [6, 6.07) is 9.04. The zero-order chi connectivity index (χ0) is 10.7. The summed E-state index contributed by atoms with van der Waals surface area (Å²) >= 11 is 0. The maximum atomic E-state index is 11.0. The van der Waals surface area contributed by atoms with Crippen LogP contribution in [0.25, 0.3) is 0 Å². The quantitative estimate of drug-likeness (QED) is 0.800. The van der Waals surface area contributed by atoms with Crippen LogP contribution in [-0.4, -0.2) is 11.9 Å². The van der Waals surface area contributed by atoms with Crippen molar-refractivity contribution < 1.29 is 4.79 Å². The van der Waals surface area contributed by atoms with Gasteiger partial charge in [-0.15, -0.1) is 0 Å². The van der Waals surface area contributed by atoms with E-state index in [9.17, 15) is 4.79 Å². The molecule has 80 valence electrons. The summed E-state index contributed by atoms with van der Waals surface area (Å²) in [4.78, 5) is 11.0. The highest BCUT2D eigenvalue weighted by atomic mass is 16.1. The minimum Gasteiger partial charge on any atom is -0.353 e. The van der Waals surface area contributed by atoms with Gasteiger partial charge in [-0.3, -0.25) is 4.79 Å². The van der Waals surface area contributed by atoms with Crippen LogP contribution in [0.3, 0.4) is 0 Å². The highest BCUT2D eigenvalue weighted by molar-refractivity contribution is 5.78. The molecule has 1 aromatic rings. The lowest BCUT2D eigenvalue weighted by Crippen LogP contribution is -2.27. The summed E-state index contributed by atoms with van der Waals surface area (Å²) < 4.78 is 0. The SMILES string of the molecule is CCc1ccc(CC2CCC(=O)N2)cc1. The third kappa shape index (κ3) is 2.58. The van der Waals surface area contributed by atoms with E-state index < -0.39 is 0 Å². The van der Waals surface area contributed by atoms with Gasteiger partial charge in [0.1, 0.15) is 0 Å². The second-order valence-corrected chi connectivity index (χ2v) is 4.18. The molecule has 2 heteroatoms. The van der Waals surface area contributed by atoms with E-state index >= 15 is 0 Å². The van der Waals surface area contributed by atoms with Gasteiger partial charge in [0, 0.05) is 12.5 Å². The molecule has 1 heterocycles. The van der Waals surface area contributed by atoms with Crippen molar-refractivity contribution in [2.24, 2.45) is 0 Å². The van der Waals surface area contributed by atoms with Gasteiger partial charge in [-0.1, -0.05) is 31.2 Å². The van der Waals surface area contributed by atoms with E-state index in [2.05, 4.69) is 36.5 Å². The first-order chi connectivity index (χ1) is 7.28. The van der Waals surface area contributed by atoms with Crippen molar-refractivity contribution in [3.05, 3.63) is 35.4 Å². The number of carbonyl (C=O) groups is 1. The van der Waals surface area contributed by atoms with E-state index in [1.165, 1.54) is 11.1 Å². The minimum atomic E-state index is 0.199. The lowest BCUT2D eigenvalue weighted by molar-refractivity contribution is -0.119. The first-order valence-corrected chi connectivity index (χ1v) is 5.65. The van der Waals surface area contributed by atoms with E-state index in [0.717, 1.165) is 19.3 Å². The predicted molar refractivity (Wildman–Crippen MR) is 60.7 cm³/mol. The molecule has 1 aliphatic heterocycles. The summed E-state index contributed by atoms with van der Waals surface area (Å²) in [5, 5.41) is 2.99.